The van der Waals surface area contributed by atoms with Crippen molar-refractivity contribution in [3.63, 3.8) is 0 Å². The van der Waals surface area contributed by atoms with Crippen LogP contribution in [0.3, 0.4) is 0 Å². The normalized spacial score (nSPS) is 11.3. The van der Waals surface area contributed by atoms with Gasteiger partial charge >= 0.3 is 0 Å². The van der Waals surface area contributed by atoms with E-state index in [4.69, 9.17) is 12.2 Å². The number of fused-ring (bicyclic) bond motifs is 1. The Bertz CT molecular complexity index is 796. The summed E-state index contributed by atoms with van der Waals surface area (Å²) in [5.74, 6) is -0.284. The van der Waals surface area contributed by atoms with Crippen molar-refractivity contribution >= 4 is 23.3 Å². The van der Waals surface area contributed by atoms with Gasteiger partial charge in [-0.2, -0.15) is 5.10 Å². The van der Waals surface area contributed by atoms with Gasteiger partial charge in [0.15, 0.2) is 4.77 Å². The lowest BCUT2D eigenvalue weighted by Gasteiger charge is -2.01. The van der Waals surface area contributed by atoms with E-state index in [1.54, 1.807) is 10.7 Å². The van der Waals surface area contributed by atoms with Gasteiger partial charge in [0.25, 0.3) is 0 Å². The van der Waals surface area contributed by atoms with Crippen LogP contribution >= 0.6 is 12.2 Å². The minimum atomic E-state index is -0.284. The maximum absolute atomic E-state index is 13.2. The third kappa shape index (κ3) is 1.57. The Hall–Kier alpha value is -1.95. The summed E-state index contributed by atoms with van der Waals surface area (Å²) in [5.41, 5.74) is 3.31. The zero-order valence-corrected chi connectivity index (χ0v) is 10.8. The standard InChI is InChI=1S/C12H11FN4S/c1-7-11(6-16(2)15-7)17-10-4-3-8(13)5-9(10)14-12(17)18/h3-6H,1-2H3,(H,14,18). The molecule has 1 N–H and O–H groups in total. The molecule has 0 saturated heterocycles. The molecule has 2 aromatic heterocycles. The SMILES string of the molecule is Cc1nn(C)cc1-n1c(=S)[nH]c2cc(F)ccc21. The molecule has 0 aliphatic heterocycles. The van der Waals surface area contributed by atoms with Crippen LogP contribution in [0.25, 0.3) is 16.7 Å². The zero-order valence-electron chi connectivity index (χ0n) is 9.94. The number of imidazole rings is 1. The number of nitrogens with one attached hydrogen (secondary N) is 1. The number of nitrogens with zero attached hydrogens (tertiary/aromatic N) is 3. The van der Waals surface area contributed by atoms with E-state index in [1.165, 1.54) is 12.1 Å². The number of hydrogen-bond acceptors (Lipinski definition) is 2. The number of rotatable bonds is 1. The average Bonchev–Trinajstić information content (AvgIpc) is 2.77. The highest BCUT2D eigenvalue weighted by molar-refractivity contribution is 7.71. The molecule has 0 bridgehead atoms. The van der Waals surface area contributed by atoms with Gasteiger partial charge in [-0.15, -0.1) is 0 Å². The molecule has 0 amide bonds. The first kappa shape index (κ1) is 11.2. The van der Waals surface area contributed by atoms with Gasteiger partial charge in [0.1, 0.15) is 5.82 Å². The van der Waals surface area contributed by atoms with Crippen molar-refractivity contribution in [3.05, 3.63) is 40.7 Å². The molecule has 0 aliphatic rings. The van der Waals surface area contributed by atoms with Crippen LogP contribution in [0.4, 0.5) is 4.39 Å². The largest absolute Gasteiger partial charge is 0.330 e. The Morgan fingerprint density at radius 2 is 2.17 bits per heavy atom. The molecule has 2 heterocycles. The Labute approximate surface area is 108 Å². The van der Waals surface area contributed by atoms with Crippen molar-refractivity contribution in [3.8, 4) is 5.69 Å². The van der Waals surface area contributed by atoms with Crippen molar-refractivity contribution in [1.82, 2.24) is 19.3 Å². The van der Waals surface area contributed by atoms with Crippen molar-refractivity contribution in [2.45, 2.75) is 6.92 Å². The fourth-order valence-corrected chi connectivity index (χ4v) is 2.44. The van der Waals surface area contributed by atoms with Crippen LogP contribution < -0.4 is 0 Å². The minimum absolute atomic E-state index is 0.284. The van der Waals surface area contributed by atoms with E-state index in [2.05, 4.69) is 10.1 Å². The topological polar surface area (TPSA) is 38.5 Å². The second kappa shape index (κ2) is 3.78. The molecule has 0 saturated carbocycles. The number of halogens is 1. The Balaban J connectivity index is 2.39. The van der Waals surface area contributed by atoms with Crippen molar-refractivity contribution in [1.29, 1.82) is 0 Å². The van der Waals surface area contributed by atoms with Gasteiger partial charge in [-0.3, -0.25) is 9.25 Å². The molecule has 0 fully saturated rings. The molecule has 3 rings (SSSR count). The Morgan fingerprint density at radius 3 is 2.83 bits per heavy atom. The number of aromatic amines is 1. The molecule has 1 aromatic carbocycles. The number of aromatic nitrogens is 4. The zero-order chi connectivity index (χ0) is 12.9. The average molecular weight is 262 g/mol. The summed E-state index contributed by atoms with van der Waals surface area (Å²) in [6.07, 6.45) is 1.89. The Morgan fingerprint density at radius 1 is 1.39 bits per heavy atom. The lowest BCUT2D eigenvalue weighted by atomic mass is 10.3. The van der Waals surface area contributed by atoms with E-state index in [0.717, 1.165) is 16.9 Å². The third-order valence-electron chi connectivity index (χ3n) is 2.87. The predicted octanol–water partition coefficient (Wildman–Crippen LogP) is 2.87. The first-order valence-electron chi connectivity index (χ1n) is 5.47. The predicted molar refractivity (Wildman–Crippen MR) is 69.9 cm³/mol. The maximum atomic E-state index is 13.2. The van der Waals surface area contributed by atoms with Crippen molar-refractivity contribution in [2.24, 2.45) is 7.05 Å². The highest BCUT2D eigenvalue weighted by atomic mass is 32.1. The fraction of sp³-hybridized carbons (Fsp3) is 0.167. The van der Waals surface area contributed by atoms with Crippen LogP contribution in [0.1, 0.15) is 5.69 Å². The maximum Gasteiger partial charge on any atom is 0.182 e. The molecule has 0 spiro atoms. The molecular weight excluding hydrogens is 251 g/mol. The molecule has 0 atom stereocenters. The molecule has 0 radical (unpaired) electrons. The highest BCUT2D eigenvalue weighted by Crippen LogP contribution is 2.21. The second-order valence-corrected chi connectivity index (χ2v) is 4.59. The number of H-pyrrole nitrogens is 1. The molecule has 6 heteroatoms. The van der Waals surface area contributed by atoms with Crippen LogP contribution in [0.5, 0.6) is 0 Å². The summed E-state index contributed by atoms with van der Waals surface area (Å²) in [4.78, 5) is 3.00. The monoisotopic (exact) mass is 262 g/mol. The van der Waals surface area contributed by atoms with E-state index >= 15 is 0 Å². The van der Waals surface area contributed by atoms with Crippen LogP contribution in [0, 0.1) is 17.5 Å². The number of aryl methyl sites for hydroxylation is 2. The first-order valence-corrected chi connectivity index (χ1v) is 5.88. The van der Waals surface area contributed by atoms with Crippen LogP contribution in [-0.4, -0.2) is 19.3 Å². The van der Waals surface area contributed by atoms with E-state index < -0.39 is 0 Å². The molecule has 0 unspecified atom stereocenters. The van der Waals surface area contributed by atoms with Gasteiger partial charge in [0.05, 0.1) is 22.4 Å². The van der Waals surface area contributed by atoms with Gasteiger partial charge in [-0.1, -0.05) is 0 Å². The van der Waals surface area contributed by atoms with Gasteiger partial charge in [0, 0.05) is 13.2 Å². The molecule has 4 nitrogen and oxygen atoms in total. The van der Waals surface area contributed by atoms with E-state index in [9.17, 15) is 4.39 Å². The van der Waals surface area contributed by atoms with Crippen LogP contribution in [-0.2, 0) is 7.05 Å². The van der Waals surface area contributed by atoms with Crippen LogP contribution in [0.15, 0.2) is 24.4 Å². The fourth-order valence-electron chi connectivity index (χ4n) is 2.13. The first-order chi connectivity index (χ1) is 8.56. The van der Waals surface area contributed by atoms with E-state index in [1.807, 2.05) is 24.7 Å². The summed E-state index contributed by atoms with van der Waals surface area (Å²) in [6, 6.07) is 4.57. The molecule has 0 aliphatic carbocycles. The van der Waals surface area contributed by atoms with Gasteiger partial charge < -0.3 is 4.98 Å². The van der Waals surface area contributed by atoms with Gasteiger partial charge in [-0.05, 0) is 37.3 Å². The second-order valence-electron chi connectivity index (χ2n) is 4.20. The summed E-state index contributed by atoms with van der Waals surface area (Å²) in [5, 5.41) is 4.29. The number of hydrogen-bond donors (Lipinski definition) is 1. The number of benzene rings is 1. The quantitative estimate of drug-likeness (QED) is 0.685. The Kier molecular flexibility index (Phi) is 2.34. The minimum Gasteiger partial charge on any atom is -0.330 e. The van der Waals surface area contributed by atoms with Crippen molar-refractivity contribution in [2.75, 3.05) is 0 Å². The summed E-state index contributed by atoms with van der Waals surface area (Å²) in [7, 11) is 1.86. The molecule has 3 aromatic rings. The molecular formula is C12H11FN4S. The summed E-state index contributed by atoms with van der Waals surface area (Å²) < 4.78 is 17.3. The summed E-state index contributed by atoms with van der Waals surface area (Å²) >= 11 is 5.30. The lowest BCUT2D eigenvalue weighted by Crippen LogP contribution is -1.94. The van der Waals surface area contributed by atoms with E-state index in [0.29, 0.717) is 10.3 Å². The van der Waals surface area contributed by atoms with Gasteiger partial charge in [0.2, 0.25) is 0 Å². The molecule has 18 heavy (non-hydrogen) atoms. The highest BCUT2D eigenvalue weighted by Gasteiger charge is 2.11. The summed E-state index contributed by atoms with van der Waals surface area (Å²) in [6.45, 7) is 1.92. The van der Waals surface area contributed by atoms with Crippen LogP contribution in [0.2, 0.25) is 0 Å². The smallest absolute Gasteiger partial charge is 0.182 e. The lowest BCUT2D eigenvalue weighted by molar-refractivity contribution is 0.629. The van der Waals surface area contributed by atoms with Gasteiger partial charge in [-0.25, -0.2) is 4.39 Å². The van der Waals surface area contributed by atoms with E-state index in [-0.39, 0.29) is 5.82 Å². The van der Waals surface area contributed by atoms with Crippen molar-refractivity contribution < 1.29 is 4.39 Å². The third-order valence-corrected chi connectivity index (χ3v) is 3.16. The molecule has 92 valence electrons.